The Bertz CT molecular complexity index is 890. The van der Waals surface area contributed by atoms with E-state index in [-0.39, 0.29) is 35.5 Å². The highest BCUT2D eigenvalue weighted by Crippen LogP contribution is 2.61. The predicted octanol–water partition coefficient (Wildman–Crippen LogP) is 2.70. The zero-order chi connectivity index (χ0) is 25.3. The molecule has 0 bridgehead atoms. The summed E-state index contributed by atoms with van der Waals surface area (Å²) < 4.78 is -0.801. The minimum Gasteiger partial charge on any atom is -0.394 e. The number of fused-ring (bicyclic) bond motifs is 2. The minimum atomic E-state index is -0.801. The van der Waals surface area contributed by atoms with Crippen LogP contribution in [0.15, 0.2) is 24.3 Å². The van der Waals surface area contributed by atoms with E-state index in [4.69, 9.17) is 0 Å². The molecular weight excluding hydrogens is 462 g/mol. The Morgan fingerprint density at radius 3 is 2.40 bits per heavy atom. The second kappa shape index (κ2) is 10.7. The van der Waals surface area contributed by atoms with Crippen LogP contribution in [0.4, 0.5) is 0 Å². The predicted molar refractivity (Wildman–Crippen MR) is 139 cm³/mol. The Kier molecular flexibility index (Phi) is 8.01. The summed E-state index contributed by atoms with van der Waals surface area (Å²) in [4.78, 5) is 47.6. The molecule has 8 heteroatoms. The van der Waals surface area contributed by atoms with E-state index in [1.165, 1.54) is 0 Å². The summed E-state index contributed by atoms with van der Waals surface area (Å²) in [6, 6.07) is -1.15. The zero-order valence-electron chi connectivity index (χ0n) is 21.6. The van der Waals surface area contributed by atoms with Gasteiger partial charge in [-0.3, -0.25) is 14.4 Å². The second-order valence-corrected chi connectivity index (χ2v) is 12.3. The molecular formula is C27H41N3O4S. The fraction of sp³-hybridized carbons (Fsp3) is 0.741. The molecule has 2 saturated heterocycles. The maximum Gasteiger partial charge on any atom is 0.247 e. The Balaban J connectivity index is 1.81. The Morgan fingerprint density at radius 1 is 1.03 bits per heavy atom. The molecule has 0 radical (unpaired) electrons. The van der Waals surface area contributed by atoms with E-state index in [0.717, 1.165) is 19.3 Å². The van der Waals surface area contributed by atoms with Crippen molar-refractivity contribution in [3.63, 3.8) is 0 Å². The average Bonchev–Trinajstić information content (AvgIpc) is 3.15. The molecule has 0 saturated carbocycles. The van der Waals surface area contributed by atoms with E-state index >= 15 is 0 Å². The van der Waals surface area contributed by atoms with Gasteiger partial charge < -0.3 is 19.8 Å². The molecule has 4 rings (SSSR count). The van der Waals surface area contributed by atoms with Gasteiger partial charge in [0.2, 0.25) is 17.7 Å². The molecule has 4 heterocycles. The standard InChI is InChI=1S/C27H41N3O4S/c1-5-7-13-29-15-9-11-27-22(21-20(35-27)10-8-14-28(12-6-2)24(21)32)25(33)30(23(27)26(29)34)19(17-31)16-18(3)4/h8-11,18-23,31H,5-7,12-17H2,1-4H3/t19-,20-,21+,22+,23?,27+/m1/s1. The fourth-order valence-corrected chi connectivity index (χ4v) is 8.40. The van der Waals surface area contributed by atoms with Gasteiger partial charge in [0.15, 0.2) is 0 Å². The van der Waals surface area contributed by atoms with Gasteiger partial charge in [0.05, 0.1) is 29.2 Å². The highest BCUT2D eigenvalue weighted by atomic mass is 32.2. The zero-order valence-corrected chi connectivity index (χ0v) is 22.4. The van der Waals surface area contributed by atoms with Gasteiger partial charge in [-0.1, -0.05) is 58.4 Å². The third kappa shape index (κ3) is 4.45. The second-order valence-electron chi connectivity index (χ2n) is 10.8. The fourth-order valence-electron chi connectivity index (χ4n) is 6.41. The van der Waals surface area contributed by atoms with Gasteiger partial charge in [-0.2, -0.15) is 0 Å². The summed E-state index contributed by atoms with van der Waals surface area (Å²) >= 11 is 1.62. The van der Waals surface area contributed by atoms with Crippen LogP contribution in [0.5, 0.6) is 0 Å². The first-order valence-electron chi connectivity index (χ1n) is 13.3. The molecule has 194 valence electrons. The quantitative estimate of drug-likeness (QED) is 0.490. The first-order chi connectivity index (χ1) is 16.8. The largest absolute Gasteiger partial charge is 0.394 e. The molecule has 2 fully saturated rings. The summed E-state index contributed by atoms with van der Waals surface area (Å²) in [6.45, 7) is 10.5. The van der Waals surface area contributed by atoms with Crippen LogP contribution in [0.2, 0.25) is 0 Å². The number of likely N-dealkylation sites (tertiary alicyclic amines) is 1. The number of nitrogens with zero attached hydrogens (tertiary/aromatic N) is 3. The van der Waals surface area contributed by atoms with Crippen LogP contribution < -0.4 is 0 Å². The van der Waals surface area contributed by atoms with Crippen LogP contribution in [0.3, 0.4) is 0 Å². The number of carbonyl (C=O) groups is 3. The minimum absolute atomic E-state index is 0.0162. The maximum atomic E-state index is 14.3. The van der Waals surface area contributed by atoms with E-state index in [9.17, 15) is 19.5 Å². The van der Waals surface area contributed by atoms with E-state index < -0.39 is 28.7 Å². The lowest BCUT2D eigenvalue weighted by Gasteiger charge is -2.39. The molecule has 1 spiro atoms. The molecule has 4 aliphatic rings. The van der Waals surface area contributed by atoms with Crippen LogP contribution in [-0.4, -0.2) is 92.4 Å². The van der Waals surface area contributed by atoms with Crippen molar-refractivity contribution < 1.29 is 19.5 Å². The van der Waals surface area contributed by atoms with E-state index in [1.54, 1.807) is 16.7 Å². The first kappa shape index (κ1) is 26.3. The number of hydrogen-bond acceptors (Lipinski definition) is 5. The highest BCUT2D eigenvalue weighted by Gasteiger charge is 2.71. The van der Waals surface area contributed by atoms with Crippen molar-refractivity contribution in [1.82, 2.24) is 14.7 Å². The Labute approximate surface area is 214 Å². The van der Waals surface area contributed by atoms with Gasteiger partial charge >= 0.3 is 0 Å². The molecule has 0 aromatic heterocycles. The molecule has 0 aromatic carbocycles. The van der Waals surface area contributed by atoms with Crippen LogP contribution >= 0.6 is 11.8 Å². The molecule has 7 nitrogen and oxygen atoms in total. The number of hydrogen-bond donors (Lipinski definition) is 1. The smallest absolute Gasteiger partial charge is 0.247 e. The van der Waals surface area contributed by atoms with Crippen LogP contribution in [0.1, 0.15) is 53.4 Å². The summed E-state index contributed by atoms with van der Waals surface area (Å²) in [5.74, 6) is -1.03. The third-order valence-electron chi connectivity index (χ3n) is 7.89. The summed E-state index contributed by atoms with van der Waals surface area (Å²) in [5.41, 5.74) is 0. The van der Waals surface area contributed by atoms with Gasteiger partial charge in [-0.15, -0.1) is 11.8 Å². The van der Waals surface area contributed by atoms with Gasteiger partial charge in [0.25, 0.3) is 0 Å². The summed E-state index contributed by atoms with van der Waals surface area (Å²) in [6.07, 6.45) is 11.6. The van der Waals surface area contributed by atoms with Gasteiger partial charge in [0.1, 0.15) is 6.04 Å². The van der Waals surface area contributed by atoms with Crippen molar-refractivity contribution in [2.75, 3.05) is 32.8 Å². The molecule has 6 atom stereocenters. The van der Waals surface area contributed by atoms with Crippen molar-refractivity contribution in [3.05, 3.63) is 24.3 Å². The van der Waals surface area contributed by atoms with E-state index in [0.29, 0.717) is 32.6 Å². The lowest BCUT2D eigenvalue weighted by Crippen LogP contribution is -2.56. The molecule has 1 unspecified atom stereocenters. The Morgan fingerprint density at radius 2 is 1.74 bits per heavy atom. The number of aliphatic hydroxyl groups is 1. The molecule has 1 N–H and O–H groups in total. The van der Waals surface area contributed by atoms with E-state index in [2.05, 4.69) is 39.8 Å². The SMILES string of the molecule is CCCCN1CC=C[C@]23S[C@@H]4C=CCN(CCC)C(=O)[C@@H]4[C@H]2C(=O)N([C@@H](CO)CC(C)C)C3C1=O. The van der Waals surface area contributed by atoms with Crippen molar-refractivity contribution in [1.29, 1.82) is 0 Å². The number of unbranched alkanes of at least 4 members (excludes halogenated alkanes) is 1. The Hall–Kier alpha value is -1.80. The van der Waals surface area contributed by atoms with Gasteiger partial charge in [0, 0.05) is 31.4 Å². The lowest BCUT2D eigenvalue weighted by molar-refractivity contribution is -0.147. The summed E-state index contributed by atoms with van der Waals surface area (Å²) in [7, 11) is 0. The van der Waals surface area contributed by atoms with E-state index in [1.807, 2.05) is 22.0 Å². The highest BCUT2D eigenvalue weighted by molar-refractivity contribution is 8.02. The van der Waals surface area contributed by atoms with Crippen molar-refractivity contribution in [3.8, 4) is 0 Å². The molecule has 0 aliphatic carbocycles. The topological polar surface area (TPSA) is 81.2 Å². The summed E-state index contributed by atoms with van der Waals surface area (Å²) in [5, 5.41) is 10.2. The van der Waals surface area contributed by atoms with Crippen LogP contribution in [-0.2, 0) is 14.4 Å². The van der Waals surface area contributed by atoms with Gasteiger partial charge in [-0.05, 0) is 25.2 Å². The molecule has 3 amide bonds. The van der Waals surface area contributed by atoms with Crippen LogP contribution in [0, 0.1) is 17.8 Å². The number of carbonyl (C=O) groups excluding carboxylic acids is 3. The molecule has 4 aliphatic heterocycles. The average molecular weight is 504 g/mol. The maximum absolute atomic E-state index is 14.3. The first-order valence-corrected chi connectivity index (χ1v) is 14.2. The molecule has 0 aromatic rings. The van der Waals surface area contributed by atoms with Crippen molar-refractivity contribution in [2.45, 2.75) is 75.5 Å². The van der Waals surface area contributed by atoms with Crippen molar-refractivity contribution >= 4 is 29.5 Å². The number of rotatable bonds is 9. The molecule has 35 heavy (non-hydrogen) atoms. The van der Waals surface area contributed by atoms with Crippen LogP contribution in [0.25, 0.3) is 0 Å². The number of thioether (sulfide) groups is 1. The number of amides is 3. The van der Waals surface area contributed by atoms with Crippen molar-refractivity contribution in [2.24, 2.45) is 17.8 Å². The normalized spacial score (nSPS) is 33.2. The van der Waals surface area contributed by atoms with Gasteiger partial charge in [-0.25, -0.2) is 0 Å². The lowest BCUT2D eigenvalue weighted by atomic mass is 9.78. The number of aliphatic hydroxyl groups excluding tert-OH is 1. The monoisotopic (exact) mass is 503 g/mol. The third-order valence-corrected chi connectivity index (χ3v) is 9.63.